The molecule has 2 amide bonds. The van der Waals surface area contributed by atoms with Crippen molar-refractivity contribution >= 4 is 11.8 Å². The first-order valence-electron chi connectivity index (χ1n) is 16.8. The van der Waals surface area contributed by atoms with Crippen molar-refractivity contribution in [2.45, 2.75) is 95.0 Å². The normalized spacial score (nSPS) is 29.4. The number of alkyl halides is 1. The first-order chi connectivity index (χ1) is 21.2. The molecule has 44 heavy (non-hydrogen) atoms. The quantitative estimate of drug-likeness (QED) is 0.128. The second-order valence-corrected chi connectivity index (χ2v) is 13.4. The summed E-state index contributed by atoms with van der Waals surface area (Å²) in [6.45, 7) is 6.70. The fourth-order valence-electron chi connectivity index (χ4n) is 6.90. The van der Waals surface area contributed by atoms with E-state index < -0.39 is 25.0 Å². The molecule has 4 aliphatic rings. The number of aliphatic hydroxyl groups is 3. The van der Waals surface area contributed by atoms with Gasteiger partial charge < -0.3 is 35.0 Å². The van der Waals surface area contributed by atoms with Crippen LogP contribution in [0.25, 0.3) is 0 Å². The maximum Gasteiger partial charge on any atom is 0.222 e. The fraction of sp³-hybridized carbons (Fsp3) is 0.935. The molecule has 13 heteroatoms. The van der Waals surface area contributed by atoms with Gasteiger partial charge in [-0.15, -0.1) is 0 Å². The van der Waals surface area contributed by atoms with E-state index in [2.05, 4.69) is 20.9 Å². The van der Waals surface area contributed by atoms with Crippen LogP contribution in [-0.2, 0) is 19.1 Å². The summed E-state index contributed by atoms with van der Waals surface area (Å²) < 4.78 is 26.8. The summed E-state index contributed by atoms with van der Waals surface area (Å²) in [4.78, 5) is 29.0. The number of ether oxygens (including phenoxy) is 2. The lowest BCUT2D eigenvalue weighted by molar-refractivity contribution is -0.142. The molecule has 3 saturated heterocycles. The number of hydrogen-bond acceptors (Lipinski definition) is 10. The van der Waals surface area contributed by atoms with Gasteiger partial charge in [0.05, 0.1) is 32.0 Å². The molecule has 3 atom stereocenters. The topological polar surface area (TPSA) is 156 Å². The van der Waals surface area contributed by atoms with Crippen molar-refractivity contribution in [2.24, 2.45) is 17.8 Å². The number of nitrogens with zero attached hydrogens (tertiary/aromatic N) is 2. The van der Waals surface area contributed by atoms with E-state index in [-0.39, 0.29) is 61.5 Å². The van der Waals surface area contributed by atoms with Gasteiger partial charge in [0.15, 0.2) is 0 Å². The van der Waals surface area contributed by atoms with Crippen molar-refractivity contribution in [1.82, 2.24) is 25.8 Å². The number of hydrogen-bond donors (Lipinski definition) is 6. The minimum atomic E-state index is -1.75. The molecule has 0 spiro atoms. The summed E-state index contributed by atoms with van der Waals surface area (Å²) in [6.07, 6.45) is 5.99. The van der Waals surface area contributed by atoms with Gasteiger partial charge in [-0.2, -0.15) is 0 Å². The minimum absolute atomic E-state index is 0.00745. The summed E-state index contributed by atoms with van der Waals surface area (Å²) in [7, 11) is 0. The molecule has 3 aliphatic heterocycles. The number of rotatable bonds is 16. The third-order valence-corrected chi connectivity index (χ3v) is 9.89. The molecular weight excluding hydrogens is 573 g/mol. The van der Waals surface area contributed by atoms with Crippen molar-refractivity contribution in [1.29, 1.82) is 0 Å². The first kappa shape index (κ1) is 35.4. The van der Waals surface area contributed by atoms with Crippen molar-refractivity contribution in [2.75, 3.05) is 72.2 Å². The summed E-state index contributed by atoms with van der Waals surface area (Å²) in [5, 5.41) is 37.7. The van der Waals surface area contributed by atoms with Crippen molar-refractivity contribution in [3.05, 3.63) is 0 Å². The number of likely N-dealkylation sites (tertiary alicyclic amines) is 2. The van der Waals surface area contributed by atoms with E-state index in [1.54, 1.807) is 4.90 Å². The van der Waals surface area contributed by atoms with Crippen molar-refractivity contribution < 1.29 is 38.8 Å². The Morgan fingerprint density at radius 3 is 2.32 bits per heavy atom. The lowest BCUT2D eigenvalue weighted by atomic mass is 9.82. The van der Waals surface area contributed by atoms with E-state index >= 15 is 4.39 Å². The molecule has 254 valence electrons. The molecule has 4 rings (SSSR count). The summed E-state index contributed by atoms with van der Waals surface area (Å²) in [5.41, 5.74) is -1.75. The zero-order valence-corrected chi connectivity index (χ0v) is 26.4. The van der Waals surface area contributed by atoms with Gasteiger partial charge in [-0.25, -0.2) is 4.39 Å². The first-order valence-corrected chi connectivity index (χ1v) is 16.8. The zero-order chi connectivity index (χ0) is 31.5. The van der Waals surface area contributed by atoms with Crippen LogP contribution in [0.4, 0.5) is 4.39 Å². The Morgan fingerprint density at radius 2 is 1.68 bits per heavy atom. The average molecular weight is 630 g/mol. The zero-order valence-electron chi connectivity index (χ0n) is 26.4. The van der Waals surface area contributed by atoms with E-state index in [0.717, 1.165) is 52.0 Å². The number of carbonyl (C=O) groups excluding carboxylic acids is 2. The fourth-order valence-corrected chi connectivity index (χ4v) is 6.90. The Hall–Kier alpha value is -1.45. The van der Waals surface area contributed by atoms with Gasteiger partial charge >= 0.3 is 0 Å². The van der Waals surface area contributed by atoms with Gasteiger partial charge in [-0.05, 0) is 57.3 Å². The highest BCUT2D eigenvalue weighted by atomic mass is 19.1. The highest BCUT2D eigenvalue weighted by Crippen LogP contribution is 2.33. The minimum Gasteiger partial charge on any atom is -0.393 e. The summed E-state index contributed by atoms with van der Waals surface area (Å²) in [5.74, 6) is 0.0462. The smallest absolute Gasteiger partial charge is 0.222 e. The van der Waals surface area contributed by atoms with Crippen molar-refractivity contribution in [3.63, 3.8) is 0 Å². The molecule has 3 unspecified atom stereocenters. The van der Waals surface area contributed by atoms with Crippen LogP contribution in [0.1, 0.15) is 64.7 Å². The summed E-state index contributed by atoms with van der Waals surface area (Å²) >= 11 is 0. The van der Waals surface area contributed by atoms with Crippen LogP contribution in [0.2, 0.25) is 0 Å². The van der Waals surface area contributed by atoms with E-state index in [1.165, 1.54) is 12.8 Å². The third-order valence-electron chi connectivity index (χ3n) is 9.89. The lowest BCUT2D eigenvalue weighted by Crippen LogP contribution is -2.64. The molecule has 12 nitrogen and oxygen atoms in total. The predicted molar refractivity (Wildman–Crippen MR) is 162 cm³/mol. The highest BCUT2D eigenvalue weighted by Gasteiger charge is 2.37. The van der Waals surface area contributed by atoms with E-state index in [9.17, 15) is 14.7 Å². The Balaban J connectivity index is 1.02. The van der Waals surface area contributed by atoms with Crippen LogP contribution in [0.15, 0.2) is 0 Å². The molecule has 0 aromatic heterocycles. The lowest BCUT2D eigenvalue weighted by Gasteiger charge is -2.41. The van der Waals surface area contributed by atoms with Gasteiger partial charge in [-0.3, -0.25) is 25.1 Å². The number of aliphatic hydroxyl groups excluding tert-OH is 2. The SMILES string of the molecule is CCOC1CNC(N2CCC(CCCOC3CCC(CC(=O)N4CC(CC(=O)NCC(O)(CO)CO)C4)C(F)C3)CC2)NC1. The van der Waals surface area contributed by atoms with Crippen LogP contribution >= 0.6 is 0 Å². The highest BCUT2D eigenvalue weighted by molar-refractivity contribution is 5.79. The second kappa shape index (κ2) is 17.5. The predicted octanol–water partition coefficient (Wildman–Crippen LogP) is -0.0460. The Labute approximate surface area is 261 Å². The van der Waals surface area contributed by atoms with E-state index in [0.29, 0.717) is 38.5 Å². The van der Waals surface area contributed by atoms with Gasteiger partial charge in [0, 0.05) is 77.7 Å². The van der Waals surface area contributed by atoms with Gasteiger partial charge in [0.1, 0.15) is 18.1 Å². The molecular formula is C31H56FN5O7. The maximum atomic E-state index is 15.0. The van der Waals surface area contributed by atoms with Crippen LogP contribution in [0.5, 0.6) is 0 Å². The molecule has 6 N–H and O–H groups in total. The molecule has 0 aromatic carbocycles. The molecule has 3 heterocycles. The monoisotopic (exact) mass is 629 g/mol. The molecule has 0 aromatic rings. The largest absolute Gasteiger partial charge is 0.393 e. The Morgan fingerprint density at radius 1 is 0.977 bits per heavy atom. The maximum absolute atomic E-state index is 15.0. The molecule has 1 saturated carbocycles. The molecule has 4 fully saturated rings. The average Bonchev–Trinajstić information content (AvgIpc) is 3.01. The Kier molecular flexibility index (Phi) is 14.1. The van der Waals surface area contributed by atoms with Gasteiger partial charge in [0.2, 0.25) is 11.8 Å². The van der Waals surface area contributed by atoms with Gasteiger partial charge in [-0.1, -0.05) is 0 Å². The van der Waals surface area contributed by atoms with Gasteiger partial charge in [0.25, 0.3) is 0 Å². The van der Waals surface area contributed by atoms with Crippen LogP contribution < -0.4 is 16.0 Å². The standard InChI is InChI=1S/C31H56FN5O7/c1-2-43-26-15-33-30(34-16-26)36-9-7-22(8-10-36)4-3-11-44-25-6-5-24(27(32)14-25)13-29(41)37-17-23(18-37)12-28(40)35-19-31(42,20-38)21-39/h22-27,30,33-34,38-39,42H,2-21H2,1H3,(H,35,40). The Bertz CT molecular complexity index is 877. The molecule has 0 radical (unpaired) electrons. The number of nitrogens with one attached hydrogen (secondary N) is 3. The van der Waals surface area contributed by atoms with Crippen LogP contribution in [-0.4, -0.2) is 139 Å². The van der Waals surface area contributed by atoms with E-state index in [1.807, 2.05) is 6.92 Å². The third kappa shape index (κ3) is 10.5. The number of piperidine rings is 1. The van der Waals surface area contributed by atoms with E-state index in [4.69, 9.17) is 19.7 Å². The summed E-state index contributed by atoms with van der Waals surface area (Å²) in [6, 6.07) is 0. The van der Waals surface area contributed by atoms with Crippen LogP contribution in [0.3, 0.4) is 0 Å². The second-order valence-electron chi connectivity index (χ2n) is 13.4. The molecule has 1 aliphatic carbocycles. The number of halogens is 1. The van der Waals surface area contributed by atoms with Crippen molar-refractivity contribution in [3.8, 4) is 0 Å². The van der Waals surface area contributed by atoms with Crippen LogP contribution in [0, 0.1) is 17.8 Å². The molecule has 0 bridgehead atoms. The number of carbonyl (C=O) groups is 2. The number of amides is 2.